The zero-order valence-electron chi connectivity index (χ0n) is 13.5. The van der Waals surface area contributed by atoms with Crippen LogP contribution in [0.25, 0.3) is 0 Å². The predicted octanol–water partition coefficient (Wildman–Crippen LogP) is 1.86. The molecule has 2 N–H and O–H groups in total. The lowest BCUT2D eigenvalue weighted by atomic mass is 10.3. The van der Waals surface area contributed by atoms with E-state index in [0.717, 1.165) is 27.6 Å². The van der Waals surface area contributed by atoms with Crippen LogP contribution in [0.1, 0.15) is 5.69 Å². The molecule has 0 spiro atoms. The summed E-state index contributed by atoms with van der Waals surface area (Å²) in [6.07, 6.45) is 3.62. The Labute approximate surface area is 153 Å². The van der Waals surface area contributed by atoms with Gasteiger partial charge in [-0.2, -0.15) is 0 Å². The highest BCUT2D eigenvalue weighted by molar-refractivity contribution is 7.99. The van der Waals surface area contributed by atoms with Gasteiger partial charge in [0.2, 0.25) is 5.91 Å². The first-order valence-electron chi connectivity index (χ1n) is 7.56. The lowest BCUT2D eigenvalue weighted by Gasteiger charge is -2.03. The Morgan fingerprint density at radius 2 is 2.32 bits per heavy atom. The van der Waals surface area contributed by atoms with Crippen LogP contribution in [0.4, 0.5) is 10.9 Å². The second-order valence-corrected chi connectivity index (χ2v) is 7.00. The number of anilines is 2. The highest BCUT2D eigenvalue weighted by Gasteiger charge is 2.08. The number of hydrogen-bond acceptors (Lipinski definition) is 8. The van der Waals surface area contributed by atoms with Crippen molar-refractivity contribution in [2.45, 2.75) is 11.6 Å². The average Bonchev–Trinajstić information content (AvgIpc) is 3.22. The van der Waals surface area contributed by atoms with Gasteiger partial charge in [-0.05, 0) is 12.1 Å². The highest BCUT2D eigenvalue weighted by Crippen LogP contribution is 2.19. The fourth-order valence-electron chi connectivity index (χ4n) is 1.95. The van der Waals surface area contributed by atoms with Crippen LogP contribution >= 0.6 is 23.1 Å². The van der Waals surface area contributed by atoms with Crippen molar-refractivity contribution in [3.8, 4) is 0 Å². The Bertz CT molecular complexity index is 818. The van der Waals surface area contributed by atoms with Crippen molar-refractivity contribution in [2.75, 3.05) is 17.6 Å². The zero-order valence-corrected chi connectivity index (χ0v) is 15.2. The number of nitrogens with one attached hydrogen (secondary N) is 2. The summed E-state index contributed by atoms with van der Waals surface area (Å²) in [5.41, 5.74) is 0.738. The molecular weight excluding hydrogens is 358 g/mol. The molecule has 3 rings (SSSR count). The van der Waals surface area contributed by atoms with E-state index in [-0.39, 0.29) is 12.3 Å². The highest BCUT2D eigenvalue weighted by atomic mass is 32.2. The Morgan fingerprint density at radius 1 is 1.40 bits per heavy atom. The minimum absolute atomic E-state index is 0.0479. The van der Waals surface area contributed by atoms with Gasteiger partial charge in [-0.25, -0.2) is 9.97 Å². The maximum absolute atomic E-state index is 12.0. The number of nitrogens with zero attached hydrogens (tertiary/aromatic N) is 5. The van der Waals surface area contributed by atoms with Crippen LogP contribution in [0.2, 0.25) is 0 Å². The van der Waals surface area contributed by atoms with E-state index < -0.39 is 0 Å². The minimum Gasteiger partial charge on any atom is -0.355 e. The molecule has 0 radical (unpaired) electrons. The lowest BCUT2D eigenvalue weighted by Crippen LogP contribution is -2.27. The van der Waals surface area contributed by atoms with E-state index in [9.17, 15) is 4.79 Å². The maximum atomic E-state index is 12.0. The molecule has 0 saturated carbocycles. The van der Waals surface area contributed by atoms with E-state index in [1.807, 2.05) is 35.2 Å². The van der Waals surface area contributed by atoms with Crippen LogP contribution in [0.15, 0.2) is 41.3 Å². The quantitative estimate of drug-likeness (QED) is 0.458. The fourth-order valence-corrected chi connectivity index (χ4v) is 3.41. The number of rotatable bonds is 8. The molecule has 0 aliphatic rings. The standard InChI is InChI=1S/C15H17N7OS2/c1-22-10-18-21-15(22)24-7-6-17-13(23)8-11-9-25-14(19-11)20-12-4-2-3-5-16-12/h2-5,9-10H,6-8H2,1H3,(H,17,23)(H,16,19,20). The number of thiazole rings is 1. The van der Waals surface area contributed by atoms with Gasteiger partial charge in [0.1, 0.15) is 12.1 Å². The van der Waals surface area contributed by atoms with E-state index in [0.29, 0.717) is 6.54 Å². The van der Waals surface area contributed by atoms with Gasteiger partial charge >= 0.3 is 0 Å². The molecule has 0 aliphatic carbocycles. The number of pyridine rings is 1. The van der Waals surface area contributed by atoms with Crippen LogP contribution in [0.3, 0.4) is 0 Å². The minimum atomic E-state index is -0.0479. The molecule has 0 aromatic carbocycles. The van der Waals surface area contributed by atoms with Gasteiger partial charge in [-0.1, -0.05) is 17.8 Å². The monoisotopic (exact) mass is 375 g/mol. The van der Waals surface area contributed by atoms with Crippen LogP contribution in [-0.2, 0) is 18.3 Å². The molecule has 0 aliphatic heterocycles. The summed E-state index contributed by atoms with van der Waals surface area (Å²) >= 11 is 3.00. The van der Waals surface area contributed by atoms with Crippen LogP contribution < -0.4 is 10.6 Å². The number of hydrogen-bond donors (Lipinski definition) is 2. The second kappa shape index (κ2) is 8.58. The summed E-state index contributed by atoms with van der Waals surface area (Å²) in [6.45, 7) is 0.569. The third kappa shape index (κ3) is 5.26. The largest absolute Gasteiger partial charge is 0.355 e. The summed E-state index contributed by atoms with van der Waals surface area (Å²) in [4.78, 5) is 20.6. The third-order valence-corrected chi connectivity index (χ3v) is 4.96. The average molecular weight is 375 g/mol. The van der Waals surface area contributed by atoms with E-state index in [1.54, 1.807) is 24.3 Å². The molecule has 3 aromatic heterocycles. The van der Waals surface area contributed by atoms with Crippen LogP contribution in [-0.4, -0.2) is 42.9 Å². The molecule has 3 heterocycles. The van der Waals surface area contributed by atoms with E-state index in [2.05, 4.69) is 30.8 Å². The number of aromatic nitrogens is 5. The Kier molecular flexibility index (Phi) is 5.96. The van der Waals surface area contributed by atoms with Crippen molar-refractivity contribution in [3.63, 3.8) is 0 Å². The molecule has 25 heavy (non-hydrogen) atoms. The molecule has 0 fully saturated rings. The van der Waals surface area contributed by atoms with Crippen molar-refractivity contribution >= 4 is 40.0 Å². The summed E-state index contributed by atoms with van der Waals surface area (Å²) in [7, 11) is 1.89. The van der Waals surface area contributed by atoms with E-state index in [1.165, 1.54) is 11.3 Å². The molecule has 10 heteroatoms. The zero-order chi connectivity index (χ0) is 17.5. The van der Waals surface area contributed by atoms with Crippen molar-refractivity contribution in [1.29, 1.82) is 0 Å². The molecule has 0 atom stereocenters. The topological polar surface area (TPSA) is 97.6 Å². The number of aryl methyl sites for hydroxylation is 1. The number of carbonyl (C=O) groups is 1. The molecule has 1 amide bonds. The maximum Gasteiger partial charge on any atom is 0.226 e. The van der Waals surface area contributed by atoms with Gasteiger partial charge in [0.15, 0.2) is 10.3 Å². The van der Waals surface area contributed by atoms with Crippen molar-refractivity contribution in [1.82, 2.24) is 30.0 Å². The van der Waals surface area contributed by atoms with Gasteiger partial charge in [-0.15, -0.1) is 21.5 Å². The van der Waals surface area contributed by atoms with Gasteiger partial charge in [0.25, 0.3) is 0 Å². The molecule has 0 unspecified atom stereocenters. The molecule has 8 nitrogen and oxygen atoms in total. The van der Waals surface area contributed by atoms with Gasteiger partial charge in [0.05, 0.1) is 12.1 Å². The molecule has 0 saturated heterocycles. The van der Waals surface area contributed by atoms with Crippen LogP contribution in [0, 0.1) is 0 Å². The third-order valence-electron chi connectivity index (χ3n) is 3.12. The van der Waals surface area contributed by atoms with Crippen molar-refractivity contribution in [3.05, 3.63) is 41.8 Å². The SMILES string of the molecule is Cn1cnnc1SCCNC(=O)Cc1csc(Nc2ccccn2)n1. The molecule has 0 bridgehead atoms. The second-order valence-electron chi connectivity index (χ2n) is 5.08. The summed E-state index contributed by atoms with van der Waals surface area (Å²) in [6, 6.07) is 5.62. The fraction of sp³-hybridized carbons (Fsp3) is 0.267. The first-order chi connectivity index (χ1) is 12.2. The summed E-state index contributed by atoms with van der Waals surface area (Å²) in [5, 5.41) is 17.2. The van der Waals surface area contributed by atoms with Crippen molar-refractivity contribution in [2.24, 2.45) is 7.05 Å². The number of carbonyl (C=O) groups excluding carboxylic acids is 1. The molecule has 130 valence electrons. The molecular formula is C15H17N7OS2. The predicted molar refractivity (Wildman–Crippen MR) is 98.1 cm³/mol. The first-order valence-corrected chi connectivity index (χ1v) is 9.43. The normalized spacial score (nSPS) is 10.6. The Morgan fingerprint density at radius 3 is 3.08 bits per heavy atom. The van der Waals surface area contributed by atoms with Gasteiger partial charge in [0, 0.05) is 30.9 Å². The number of thioether (sulfide) groups is 1. The smallest absolute Gasteiger partial charge is 0.226 e. The molecule has 3 aromatic rings. The van der Waals surface area contributed by atoms with Crippen LogP contribution in [0.5, 0.6) is 0 Å². The van der Waals surface area contributed by atoms with Gasteiger partial charge in [-0.3, -0.25) is 4.79 Å². The van der Waals surface area contributed by atoms with Crippen molar-refractivity contribution < 1.29 is 4.79 Å². The summed E-state index contributed by atoms with van der Waals surface area (Å²) < 4.78 is 1.85. The lowest BCUT2D eigenvalue weighted by molar-refractivity contribution is -0.120. The Hall–Kier alpha value is -2.46. The number of amides is 1. The van der Waals surface area contributed by atoms with E-state index >= 15 is 0 Å². The summed E-state index contributed by atoms with van der Waals surface area (Å²) in [5.74, 6) is 1.42. The van der Waals surface area contributed by atoms with E-state index in [4.69, 9.17) is 0 Å². The first kappa shape index (κ1) is 17.4. The van der Waals surface area contributed by atoms with Gasteiger partial charge < -0.3 is 15.2 Å². The Balaban J connectivity index is 1.40.